The summed E-state index contributed by atoms with van der Waals surface area (Å²) >= 11 is 0. The van der Waals surface area contributed by atoms with Gasteiger partial charge in [0, 0.05) is 37.3 Å². The van der Waals surface area contributed by atoms with Crippen LogP contribution in [-0.2, 0) is 37.5 Å². The molecular formula is C43H86N5O9P. The molecule has 5 N–H and O–H groups in total. The van der Waals surface area contributed by atoms with E-state index in [0.29, 0.717) is 32.2 Å². The van der Waals surface area contributed by atoms with E-state index in [1.807, 2.05) is 0 Å². The van der Waals surface area contributed by atoms with Crippen LogP contribution in [0.1, 0.15) is 219 Å². The molecule has 14 nitrogen and oxygen atoms in total. The van der Waals surface area contributed by atoms with E-state index in [4.69, 9.17) is 24.1 Å². The highest BCUT2D eigenvalue weighted by atomic mass is 31.2. The molecule has 0 saturated heterocycles. The Morgan fingerprint density at radius 1 is 0.603 bits per heavy atom. The summed E-state index contributed by atoms with van der Waals surface area (Å²) in [5.41, 5.74) is 8.29. The summed E-state index contributed by atoms with van der Waals surface area (Å²) in [5.74, 6) is -1.18. The van der Waals surface area contributed by atoms with Crippen molar-refractivity contribution < 1.29 is 42.4 Å². The molecule has 15 heteroatoms. The van der Waals surface area contributed by atoms with Gasteiger partial charge in [-0.3, -0.25) is 18.9 Å². The molecule has 0 aliphatic carbocycles. The average Bonchev–Trinajstić information content (AvgIpc) is 3.19. The van der Waals surface area contributed by atoms with Gasteiger partial charge in [0.05, 0.1) is 13.2 Å². The maximum Gasteiger partial charge on any atom is 0.306 e. The van der Waals surface area contributed by atoms with E-state index >= 15 is 0 Å². The quantitative estimate of drug-likeness (QED) is 0.0148. The van der Waals surface area contributed by atoms with E-state index < -0.39 is 32.5 Å². The Balaban J connectivity index is 0. The van der Waals surface area contributed by atoms with Crippen LogP contribution in [0, 0.1) is 0 Å². The number of hydrogen-bond donors (Lipinski definition) is 2. The second-order valence-corrected chi connectivity index (χ2v) is 16.9. The highest BCUT2D eigenvalue weighted by Gasteiger charge is 2.21. The molecule has 0 spiro atoms. The zero-order valence-corrected chi connectivity index (χ0v) is 38.1. The third-order valence-electron chi connectivity index (χ3n) is 10.0. The van der Waals surface area contributed by atoms with Gasteiger partial charge in [0.2, 0.25) is 5.91 Å². The molecule has 2 atom stereocenters. The van der Waals surface area contributed by atoms with Crippen molar-refractivity contribution in [3.8, 4) is 0 Å². The number of amides is 1. The highest BCUT2D eigenvalue weighted by Crippen LogP contribution is 2.38. The molecule has 1 unspecified atom stereocenters. The highest BCUT2D eigenvalue weighted by molar-refractivity contribution is 7.45. The summed E-state index contributed by atoms with van der Waals surface area (Å²) in [5, 5.41) is 6.04. The largest absolute Gasteiger partial charge is 0.756 e. The van der Waals surface area contributed by atoms with Gasteiger partial charge in [-0.15, -0.1) is 0 Å². The smallest absolute Gasteiger partial charge is 0.306 e. The molecule has 0 radical (unpaired) electrons. The molecular weight excluding hydrogens is 761 g/mol. The lowest BCUT2D eigenvalue weighted by atomic mass is 10.0. The van der Waals surface area contributed by atoms with Crippen LogP contribution in [0.5, 0.6) is 0 Å². The number of esters is 2. The maximum atomic E-state index is 12.7. The van der Waals surface area contributed by atoms with Crippen LogP contribution in [0.15, 0.2) is 5.11 Å². The number of azide groups is 1. The minimum Gasteiger partial charge on any atom is -0.756 e. The molecule has 58 heavy (non-hydrogen) atoms. The normalized spacial score (nSPS) is 12.5. The number of quaternary nitrogens is 1. The van der Waals surface area contributed by atoms with E-state index in [9.17, 15) is 23.8 Å². The standard InChI is InChI=1S/C43H83N4O9P.H3N/c1-3-5-7-9-11-13-15-17-19-21-23-25-29-33-42(49)53-38-40(56-43(50)34-30-26-24-22-20-18-16-14-12-10-8-6-4-2)39-55-57(51,52)54-37-36-45-41(48)32-28-27-31-35-46-47-44;/h40H,3-39H2,1-2H3,(H,45,48)(H,51,52);1H3/t40-;/m1./s1. The summed E-state index contributed by atoms with van der Waals surface area (Å²) < 4.78 is 33.2. The minimum atomic E-state index is -4.80. The molecule has 0 saturated carbocycles. The van der Waals surface area contributed by atoms with Crippen molar-refractivity contribution in [3.05, 3.63) is 10.4 Å². The topological polar surface area (TPSA) is 226 Å². The van der Waals surface area contributed by atoms with Crippen molar-refractivity contribution in [3.63, 3.8) is 0 Å². The first kappa shape index (κ1) is 57.9. The summed E-state index contributed by atoms with van der Waals surface area (Å²) in [6.45, 7) is 3.61. The Labute approximate surface area is 352 Å². The van der Waals surface area contributed by atoms with Crippen LogP contribution in [-0.4, -0.2) is 56.9 Å². The number of phosphoric acid groups is 1. The van der Waals surface area contributed by atoms with Crippen molar-refractivity contribution in [1.82, 2.24) is 11.5 Å². The van der Waals surface area contributed by atoms with Crippen molar-refractivity contribution in [2.75, 3.05) is 32.9 Å². The van der Waals surface area contributed by atoms with E-state index in [1.54, 1.807) is 0 Å². The van der Waals surface area contributed by atoms with Gasteiger partial charge in [0.1, 0.15) is 6.61 Å². The van der Waals surface area contributed by atoms with Gasteiger partial charge in [0.25, 0.3) is 7.82 Å². The van der Waals surface area contributed by atoms with Crippen molar-refractivity contribution in [1.29, 1.82) is 0 Å². The first-order valence-corrected chi connectivity index (χ1v) is 24.4. The van der Waals surface area contributed by atoms with E-state index in [0.717, 1.165) is 44.9 Å². The van der Waals surface area contributed by atoms with E-state index in [-0.39, 0.29) is 51.1 Å². The van der Waals surface area contributed by atoms with Gasteiger partial charge in [0.15, 0.2) is 6.10 Å². The molecule has 0 fully saturated rings. The number of phosphoric ester groups is 1. The van der Waals surface area contributed by atoms with Gasteiger partial charge in [-0.25, -0.2) is 0 Å². The van der Waals surface area contributed by atoms with E-state index in [2.05, 4.69) is 29.2 Å². The van der Waals surface area contributed by atoms with Crippen molar-refractivity contribution >= 4 is 25.7 Å². The van der Waals surface area contributed by atoms with Gasteiger partial charge in [-0.1, -0.05) is 179 Å². The average molecular weight is 848 g/mol. The third-order valence-corrected chi connectivity index (χ3v) is 11.0. The Morgan fingerprint density at radius 3 is 1.48 bits per heavy atom. The number of ether oxygens (including phenoxy) is 2. The van der Waals surface area contributed by atoms with Crippen LogP contribution in [0.3, 0.4) is 0 Å². The predicted octanol–water partition coefficient (Wildman–Crippen LogP) is 12.3. The van der Waals surface area contributed by atoms with Crippen molar-refractivity contribution in [2.24, 2.45) is 5.11 Å². The predicted molar refractivity (Wildman–Crippen MR) is 232 cm³/mol. The Kier molecular flexibility index (Phi) is 44.3. The summed E-state index contributed by atoms with van der Waals surface area (Å²) in [7, 11) is -4.80. The van der Waals surface area contributed by atoms with Crippen LogP contribution in [0.25, 0.3) is 10.4 Å². The maximum absolute atomic E-state index is 12.7. The number of nitrogens with zero attached hydrogens (tertiary/aromatic N) is 3. The van der Waals surface area contributed by atoms with Crippen LogP contribution in [0.4, 0.5) is 0 Å². The van der Waals surface area contributed by atoms with Gasteiger partial charge >= 0.3 is 11.9 Å². The number of carbonyl (C=O) groups excluding carboxylic acids is 3. The fourth-order valence-electron chi connectivity index (χ4n) is 6.53. The molecule has 1 amide bonds. The molecule has 0 rings (SSSR count). The molecule has 0 aliphatic rings. The van der Waals surface area contributed by atoms with Crippen LogP contribution in [0.2, 0.25) is 0 Å². The second-order valence-electron chi connectivity index (χ2n) is 15.5. The van der Waals surface area contributed by atoms with Gasteiger partial charge < -0.3 is 34.9 Å². The number of nitrogens with one attached hydrogen (secondary N) is 1. The lowest BCUT2D eigenvalue weighted by Crippen LogP contribution is -2.31. The lowest BCUT2D eigenvalue weighted by Gasteiger charge is -2.25. The molecule has 0 aliphatic heterocycles. The van der Waals surface area contributed by atoms with Crippen molar-refractivity contribution in [2.45, 2.75) is 225 Å². The Bertz CT molecular complexity index is 1070. The molecule has 342 valence electrons. The van der Waals surface area contributed by atoms with E-state index in [1.165, 1.54) is 116 Å². The van der Waals surface area contributed by atoms with Crippen LogP contribution < -0.4 is 16.4 Å². The van der Waals surface area contributed by atoms with Gasteiger partial charge in [-0.05, 0) is 31.2 Å². The number of rotatable bonds is 44. The Hall–Kier alpha value is -2.21. The summed E-state index contributed by atoms with van der Waals surface area (Å²) in [6, 6.07) is 0. The minimum absolute atomic E-state index is 0. The van der Waals surface area contributed by atoms with Gasteiger partial charge in [-0.2, -0.15) is 0 Å². The molecule has 0 aromatic heterocycles. The molecule has 0 aromatic rings. The molecule has 0 bridgehead atoms. The summed E-state index contributed by atoms with van der Waals surface area (Å²) in [6.07, 6.45) is 32.6. The zero-order valence-electron chi connectivity index (χ0n) is 37.2. The monoisotopic (exact) mass is 848 g/mol. The first-order chi connectivity index (χ1) is 27.7. The molecule has 0 aromatic carbocycles. The lowest BCUT2D eigenvalue weighted by molar-refractivity contribution is -0.228. The Morgan fingerprint density at radius 2 is 1.02 bits per heavy atom. The fraction of sp³-hybridized carbons (Fsp3) is 0.930. The third kappa shape index (κ3) is 43.4. The fourth-order valence-corrected chi connectivity index (χ4v) is 7.27. The SMILES string of the molecule is CCCCCCCCCCCCCCCC(=O)OC[C@H](COP(=O)([O-])OCCNC(=O)CCCCCN=[N+]=[N-])OC(=O)CCCCCCCCCCCCCCC.[NH4+]. The number of unbranched alkanes of at least 4 members (excludes halogenated alkanes) is 26. The first-order valence-electron chi connectivity index (χ1n) is 23.0. The number of carbonyl (C=O) groups is 3. The second kappa shape index (κ2) is 44.3. The summed E-state index contributed by atoms with van der Waals surface area (Å²) in [4.78, 5) is 52.3. The molecule has 0 heterocycles. The number of hydrogen-bond acceptors (Lipinski definition) is 10. The zero-order chi connectivity index (χ0) is 41.9. The van der Waals surface area contributed by atoms with Crippen LogP contribution >= 0.6 is 7.82 Å².